The normalized spacial score (nSPS) is 42.7. The van der Waals surface area contributed by atoms with Crippen molar-refractivity contribution in [2.75, 3.05) is 6.61 Å². The van der Waals surface area contributed by atoms with E-state index in [4.69, 9.17) is 14.2 Å². The monoisotopic (exact) mass is 268 g/mol. The third-order valence-electron chi connectivity index (χ3n) is 4.46. The van der Waals surface area contributed by atoms with E-state index in [1.165, 1.54) is 13.8 Å². The van der Waals surface area contributed by atoms with E-state index in [1.807, 2.05) is 0 Å². The van der Waals surface area contributed by atoms with Crippen molar-refractivity contribution in [2.45, 2.75) is 32.5 Å². The summed E-state index contributed by atoms with van der Waals surface area (Å²) < 4.78 is 15.7. The Morgan fingerprint density at radius 2 is 1.84 bits per heavy atom. The zero-order chi connectivity index (χ0) is 13.7. The molecule has 2 aliphatic carbocycles. The standard InChI is InChI=1S/C13H16O6/c1-5(14)18-9-3-7-10-8(4-17-13(10)16)11(9)12(7)19-6(2)15/h7-12H,3-4H2,1-2H3/t7-,8-,9-,10+,11+,12+/m1/s1. The number of carbonyl (C=O) groups is 3. The predicted octanol–water partition coefficient (Wildman–Crippen LogP) is 0.289. The van der Waals surface area contributed by atoms with Crippen LogP contribution in [0.5, 0.6) is 0 Å². The summed E-state index contributed by atoms with van der Waals surface area (Å²) in [7, 11) is 0. The second-order valence-electron chi connectivity index (χ2n) is 5.52. The molecule has 6 nitrogen and oxygen atoms in total. The van der Waals surface area contributed by atoms with Gasteiger partial charge < -0.3 is 14.2 Å². The third-order valence-corrected chi connectivity index (χ3v) is 4.46. The minimum atomic E-state index is -0.364. The summed E-state index contributed by atoms with van der Waals surface area (Å²) in [5.74, 6) is -1.33. The SMILES string of the molecule is CC(=O)O[C@H]1[C@@H]2C[C@@H](OC(C)=O)[C@@H]1[C@@H]1COC(=O)[C@H]12. The van der Waals surface area contributed by atoms with Gasteiger partial charge in [0.05, 0.1) is 12.5 Å². The number of esters is 3. The van der Waals surface area contributed by atoms with E-state index < -0.39 is 0 Å². The number of hydrogen-bond acceptors (Lipinski definition) is 6. The van der Waals surface area contributed by atoms with Crippen LogP contribution in [0.15, 0.2) is 0 Å². The van der Waals surface area contributed by atoms with Crippen LogP contribution in [0.25, 0.3) is 0 Å². The van der Waals surface area contributed by atoms with Crippen molar-refractivity contribution in [2.24, 2.45) is 23.7 Å². The highest BCUT2D eigenvalue weighted by Gasteiger charge is 2.66. The molecule has 6 heteroatoms. The molecule has 3 aliphatic rings. The van der Waals surface area contributed by atoms with E-state index in [-0.39, 0.29) is 53.8 Å². The number of hydrogen-bond donors (Lipinski definition) is 0. The lowest BCUT2D eigenvalue weighted by Crippen LogP contribution is -2.35. The van der Waals surface area contributed by atoms with Gasteiger partial charge in [-0.15, -0.1) is 0 Å². The summed E-state index contributed by atoms with van der Waals surface area (Å²) in [4.78, 5) is 34.1. The third kappa shape index (κ3) is 1.81. The Morgan fingerprint density at radius 3 is 2.47 bits per heavy atom. The van der Waals surface area contributed by atoms with Gasteiger partial charge in [0.1, 0.15) is 12.2 Å². The molecule has 3 fully saturated rings. The second kappa shape index (κ2) is 4.21. The molecule has 0 spiro atoms. The minimum Gasteiger partial charge on any atom is -0.465 e. The zero-order valence-electron chi connectivity index (χ0n) is 10.8. The molecule has 0 aromatic rings. The Kier molecular flexibility index (Phi) is 2.76. The molecule has 0 aromatic heterocycles. The lowest BCUT2D eigenvalue weighted by atomic mass is 9.80. The van der Waals surface area contributed by atoms with Crippen LogP contribution in [0.2, 0.25) is 0 Å². The number of cyclic esters (lactones) is 1. The molecule has 3 rings (SSSR count). The molecule has 0 unspecified atom stereocenters. The number of carbonyl (C=O) groups excluding carboxylic acids is 3. The first-order chi connectivity index (χ1) is 8.99. The average molecular weight is 268 g/mol. The van der Waals surface area contributed by atoms with Gasteiger partial charge in [0.25, 0.3) is 0 Å². The van der Waals surface area contributed by atoms with Gasteiger partial charge in [-0.2, -0.15) is 0 Å². The highest BCUT2D eigenvalue weighted by atomic mass is 16.6. The van der Waals surface area contributed by atoms with Gasteiger partial charge in [-0.1, -0.05) is 0 Å². The van der Waals surface area contributed by atoms with E-state index in [2.05, 4.69) is 0 Å². The van der Waals surface area contributed by atoms with Gasteiger partial charge in [0, 0.05) is 31.6 Å². The van der Waals surface area contributed by atoms with Gasteiger partial charge in [-0.3, -0.25) is 14.4 Å². The molecule has 2 bridgehead atoms. The summed E-state index contributed by atoms with van der Waals surface area (Å²) in [6.45, 7) is 3.05. The van der Waals surface area contributed by atoms with E-state index in [0.717, 1.165) is 0 Å². The highest BCUT2D eigenvalue weighted by Crippen LogP contribution is 2.57. The number of fused-ring (bicyclic) bond motifs is 5. The van der Waals surface area contributed by atoms with Crippen molar-refractivity contribution < 1.29 is 28.6 Å². The molecule has 19 heavy (non-hydrogen) atoms. The second-order valence-corrected chi connectivity index (χ2v) is 5.52. The Bertz CT molecular complexity index is 444. The topological polar surface area (TPSA) is 78.9 Å². The number of ether oxygens (including phenoxy) is 3. The Labute approximate surface area is 110 Å². The first-order valence-electron chi connectivity index (χ1n) is 6.50. The molecule has 0 radical (unpaired) electrons. The largest absolute Gasteiger partial charge is 0.465 e. The maximum atomic E-state index is 11.7. The van der Waals surface area contributed by atoms with Gasteiger partial charge in [-0.25, -0.2) is 0 Å². The van der Waals surface area contributed by atoms with E-state index >= 15 is 0 Å². The fourth-order valence-corrected chi connectivity index (χ4v) is 4.02. The van der Waals surface area contributed by atoms with Crippen LogP contribution in [0.1, 0.15) is 20.3 Å². The summed E-state index contributed by atoms with van der Waals surface area (Å²) >= 11 is 0. The van der Waals surface area contributed by atoms with E-state index in [9.17, 15) is 14.4 Å². The highest BCUT2D eigenvalue weighted by molar-refractivity contribution is 5.77. The van der Waals surface area contributed by atoms with Crippen LogP contribution in [-0.4, -0.2) is 36.7 Å². The van der Waals surface area contributed by atoms with Crippen LogP contribution < -0.4 is 0 Å². The fourth-order valence-electron chi connectivity index (χ4n) is 4.02. The molecule has 6 atom stereocenters. The van der Waals surface area contributed by atoms with Gasteiger partial charge >= 0.3 is 17.9 Å². The molecular formula is C13H16O6. The van der Waals surface area contributed by atoms with Crippen LogP contribution in [-0.2, 0) is 28.6 Å². The maximum Gasteiger partial charge on any atom is 0.309 e. The van der Waals surface area contributed by atoms with Crippen molar-refractivity contribution in [3.8, 4) is 0 Å². The first-order valence-corrected chi connectivity index (χ1v) is 6.50. The molecule has 0 N–H and O–H groups in total. The van der Waals surface area contributed by atoms with Crippen molar-refractivity contribution in [1.29, 1.82) is 0 Å². The van der Waals surface area contributed by atoms with Crippen LogP contribution in [0, 0.1) is 23.7 Å². The smallest absolute Gasteiger partial charge is 0.309 e. The summed E-state index contributed by atoms with van der Waals surface area (Å²) in [6.07, 6.45) is -0.0364. The van der Waals surface area contributed by atoms with E-state index in [1.54, 1.807) is 0 Å². The molecule has 0 aromatic carbocycles. The van der Waals surface area contributed by atoms with Gasteiger partial charge in [0.2, 0.25) is 0 Å². The van der Waals surface area contributed by atoms with Crippen LogP contribution >= 0.6 is 0 Å². The number of rotatable bonds is 2. The van der Waals surface area contributed by atoms with Crippen molar-refractivity contribution >= 4 is 17.9 Å². The van der Waals surface area contributed by atoms with Crippen LogP contribution in [0.4, 0.5) is 0 Å². The summed E-state index contributed by atoms with van der Waals surface area (Å²) in [6, 6.07) is 0. The predicted molar refractivity (Wildman–Crippen MR) is 60.6 cm³/mol. The minimum absolute atomic E-state index is 0.0000463. The average Bonchev–Trinajstić information content (AvgIpc) is 2.89. The van der Waals surface area contributed by atoms with Crippen molar-refractivity contribution in [1.82, 2.24) is 0 Å². The van der Waals surface area contributed by atoms with Gasteiger partial charge in [-0.05, 0) is 6.42 Å². The molecule has 1 heterocycles. The fraction of sp³-hybridized carbons (Fsp3) is 0.769. The van der Waals surface area contributed by atoms with Gasteiger partial charge in [0.15, 0.2) is 0 Å². The van der Waals surface area contributed by atoms with Crippen molar-refractivity contribution in [3.05, 3.63) is 0 Å². The molecular weight excluding hydrogens is 252 g/mol. The maximum absolute atomic E-state index is 11.7. The molecule has 1 saturated heterocycles. The molecule has 104 valence electrons. The van der Waals surface area contributed by atoms with Crippen molar-refractivity contribution in [3.63, 3.8) is 0 Å². The lowest BCUT2D eigenvalue weighted by molar-refractivity contribution is -0.155. The Morgan fingerprint density at radius 1 is 1.16 bits per heavy atom. The molecule has 0 amide bonds. The quantitative estimate of drug-likeness (QED) is 0.529. The lowest BCUT2D eigenvalue weighted by Gasteiger charge is -2.27. The Balaban J connectivity index is 1.85. The first kappa shape index (κ1) is 12.4. The van der Waals surface area contributed by atoms with E-state index in [0.29, 0.717) is 13.0 Å². The zero-order valence-corrected chi connectivity index (χ0v) is 10.8. The molecule has 2 saturated carbocycles. The Hall–Kier alpha value is -1.59. The van der Waals surface area contributed by atoms with Crippen LogP contribution in [0.3, 0.4) is 0 Å². The molecule has 1 aliphatic heterocycles. The summed E-state index contributed by atoms with van der Waals surface area (Å²) in [5, 5.41) is 0. The summed E-state index contributed by atoms with van der Waals surface area (Å²) in [5.41, 5.74) is 0.